The van der Waals surface area contributed by atoms with Crippen LogP contribution in [0.25, 0.3) is 0 Å². The number of hydrogen-bond donors (Lipinski definition) is 1. The zero-order valence-electron chi connectivity index (χ0n) is 12.4. The first kappa shape index (κ1) is 16.7. The first-order chi connectivity index (χ1) is 9.50. The van der Waals surface area contributed by atoms with Gasteiger partial charge in [0, 0.05) is 24.2 Å². The molecule has 1 aromatic carbocycles. The van der Waals surface area contributed by atoms with Gasteiger partial charge in [-0.3, -0.25) is 4.79 Å². The van der Waals surface area contributed by atoms with E-state index in [9.17, 15) is 4.79 Å². The van der Waals surface area contributed by atoms with Gasteiger partial charge in [0.15, 0.2) is 0 Å². The Morgan fingerprint density at radius 1 is 1.40 bits per heavy atom. The largest absolute Gasteiger partial charge is 0.353 e. The fourth-order valence-electron chi connectivity index (χ4n) is 1.89. The minimum Gasteiger partial charge on any atom is -0.353 e. The maximum atomic E-state index is 11.5. The normalized spacial score (nSPS) is 11.2. The van der Waals surface area contributed by atoms with E-state index in [0.29, 0.717) is 6.54 Å². The van der Waals surface area contributed by atoms with Crippen LogP contribution in [0, 0.1) is 6.92 Å². The van der Waals surface area contributed by atoms with Crippen LogP contribution in [-0.2, 0) is 11.2 Å². The van der Waals surface area contributed by atoms with E-state index >= 15 is 0 Å². The highest BCUT2D eigenvalue weighted by molar-refractivity contribution is 6.31. The number of aryl methyl sites for hydroxylation is 1. The second kappa shape index (κ2) is 8.77. The average molecular weight is 295 g/mol. The summed E-state index contributed by atoms with van der Waals surface area (Å²) in [6.07, 6.45) is 5.21. The minimum absolute atomic E-state index is 0.0391. The number of nitrogens with one attached hydrogen (secondary N) is 1. The number of benzene rings is 1. The molecule has 0 radical (unpaired) electrons. The van der Waals surface area contributed by atoms with Crippen molar-refractivity contribution in [2.24, 2.45) is 0 Å². The highest BCUT2D eigenvalue weighted by Crippen LogP contribution is 2.20. The molecule has 20 heavy (non-hydrogen) atoms. The lowest BCUT2D eigenvalue weighted by Gasteiger charge is -2.08. The van der Waals surface area contributed by atoms with Gasteiger partial charge >= 0.3 is 0 Å². The standard InChI is InChI=1S/C16H23ClN2O/c1-13-7-4-9-15(17)14(13)8-5-11-18-16(20)10-6-12-19(2)3/h4,6-7,9-10H,5,8,11-12H2,1-3H3,(H,18,20)/b10-6+. The quantitative estimate of drug-likeness (QED) is 0.619. The number of carbonyl (C=O) groups is 1. The van der Waals surface area contributed by atoms with Gasteiger partial charge in [0.05, 0.1) is 0 Å². The van der Waals surface area contributed by atoms with E-state index < -0.39 is 0 Å². The molecule has 1 rings (SSSR count). The third kappa shape index (κ3) is 6.22. The maximum Gasteiger partial charge on any atom is 0.243 e. The van der Waals surface area contributed by atoms with Crippen molar-refractivity contribution in [1.29, 1.82) is 0 Å². The molecule has 1 aromatic rings. The molecular weight excluding hydrogens is 272 g/mol. The van der Waals surface area contributed by atoms with Crippen molar-refractivity contribution in [3.8, 4) is 0 Å². The van der Waals surface area contributed by atoms with Gasteiger partial charge in [-0.1, -0.05) is 29.8 Å². The van der Waals surface area contributed by atoms with Crippen LogP contribution in [-0.4, -0.2) is 38.0 Å². The molecule has 0 bridgehead atoms. The summed E-state index contributed by atoms with van der Waals surface area (Å²) in [4.78, 5) is 13.5. The Labute approximate surface area is 126 Å². The van der Waals surface area contributed by atoms with Gasteiger partial charge in [0.25, 0.3) is 0 Å². The second-order valence-corrected chi connectivity index (χ2v) is 5.50. The Balaban J connectivity index is 2.28. The van der Waals surface area contributed by atoms with Crippen molar-refractivity contribution in [3.05, 3.63) is 46.5 Å². The second-order valence-electron chi connectivity index (χ2n) is 5.09. The molecular formula is C16H23ClN2O. The van der Waals surface area contributed by atoms with Crippen LogP contribution in [0.5, 0.6) is 0 Å². The van der Waals surface area contributed by atoms with Crippen LogP contribution in [0.1, 0.15) is 17.5 Å². The molecule has 0 spiro atoms. The fraction of sp³-hybridized carbons (Fsp3) is 0.438. The van der Waals surface area contributed by atoms with Crippen molar-refractivity contribution >= 4 is 17.5 Å². The van der Waals surface area contributed by atoms with Crippen molar-refractivity contribution < 1.29 is 4.79 Å². The summed E-state index contributed by atoms with van der Waals surface area (Å²) in [5.41, 5.74) is 2.38. The van der Waals surface area contributed by atoms with E-state index in [1.165, 1.54) is 11.1 Å². The van der Waals surface area contributed by atoms with Crippen LogP contribution in [0.4, 0.5) is 0 Å². The minimum atomic E-state index is -0.0391. The topological polar surface area (TPSA) is 32.3 Å². The molecule has 0 aliphatic carbocycles. The summed E-state index contributed by atoms with van der Waals surface area (Å²) in [5, 5.41) is 3.69. The highest BCUT2D eigenvalue weighted by Gasteiger charge is 2.03. The van der Waals surface area contributed by atoms with E-state index in [4.69, 9.17) is 11.6 Å². The predicted octanol–water partition coefficient (Wildman–Crippen LogP) is 2.82. The number of carbonyl (C=O) groups excluding carboxylic acids is 1. The lowest BCUT2D eigenvalue weighted by molar-refractivity contribution is -0.116. The molecule has 0 saturated heterocycles. The van der Waals surface area contributed by atoms with Crippen molar-refractivity contribution in [2.45, 2.75) is 19.8 Å². The van der Waals surface area contributed by atoms with E-state index in [0.717, 1.165) is 24.4 Å². The maximum absolute atomic E-state index is 11.5. The van der Waals surface area contributed by atoms with E-state index in [1.807, 2.05) is 37.2 Å². The fourth-order valence-corrected chi connectivity index (χ4v) is 2.21. The Kier molecular flexibility index (Phi) is 7.34. The number of nitrogens with zero attached hydrogens (tertiary/aromatic N) is 1. The van der Waals surface area contributed by atoms with Crippen molar-refractivity contribution in [1.82, 2.24) is 10.2 Å². The Morgan fingerprint density at radius 3 is 2.80 bits per heavy atom. The third-order valence-electron chi connectivity index (χ3n) is 3.00. The molecule has 1 amide bonds. The van der Waals surface area contributed by atoms with Crippen LogP contribution in [0.3, 0.4) is 0 Å². The van der Waals surface area contributed by atoms with Crippen molar-refractivity contribution in [3.63, 3.8) is 0 Å². The SMILES string of the molecule is Cc1cccc(Cl)c1CCCNC(=O)/C=C/CN(C)C. The van der Waals surface area contributed by atoms with Gasteiger partial charge in [-0.2, -0.15) is 0 Å². The summed E-state index contributed by atoms with van der Waals surface area (Å²) < 4.78 is 0. The molecule has 3 nitrogen and oxygen atoms in total. The van der Waals surface area contributed by atoms with Crippen molar-refractivity contribution in [2.75, 3.05) is 27.2 Å². The third-order valence-corrected chi connectivity index (χ3v) is 3.35. The highest BCUT2D eigenvalue weighted by atomic mass is 35.5. The Morgan fingerprint density at radius 2 is 2.15 bits per heavy atom. The summed E-state index contributed by atoms with van der Waals surface area (Å²) in [5.74, 6) is -0.0391. The van der Waals surface area contributed by atoms with Gasteiger partial charge in [0.2, 0.25) is 5.91 Å². The molecule has 0 saturated carbocycles. The Bertz CT molecular complexity index is 449. The predicted molar refractivity (Wildman–Crippen MR) is 85.2 cm³/mol. The summed E-state index contributed by atoms with van der Waals surface area (Å²) in [6.45, 7) is 3.49. The molecule has 0 aromatic heterocycles. The van der Waals surface area contributed by atoms with Gasteiger partial charge in [-0.15, -0.1) is 0 Å². The summed E-state index contributed by atoms with van der Waals surface area (Å²) in [6, 6.07) is 5.93. The smallest absolute Gasteiger partial charge is 0.243 e. The molecule has 0 heterocycles. The van der Waals surface area contributed by atoms with E-state index in [2.05, 4.69) is 18.3 Å². The monoisotopic (exact) mass is 294 g/mol. The number of amides is 1. The van der Waals surface area contributed by atoms with Gasteiger partial charge in [-0.25, -0.2) is 0 Å². The van der Waals surface area contributed by atoms with Crippen LogP contribution in [0.15, 0.2) is 30.4 Å². The number of likely N-dealkylation sites (N-methyl/N-ethyl adjacent to an activating group) is 1. The lowest BCUT2D eigenvalue weighted by Crippen LogP contribution is -2.23. The van der Waals surface area contributed by atoms with Crippen LogP contribution >= 0.6 is 11.6 Å². The molecule has 0 atom stereocenters. The lowest BCUT2D eigenvalue weighted by atomic mass is 10.0. The summed E-state index contributed by atoms with van der Waals surface area (Å²) in [7, 11) is 3.93. The first-order valence-corrected chi connectivity index (χ1v) is 7.21. The van der Waals surface area contributed by atoms with Gasteiger partial charge in [0.1, 0.15) is 0 Å². The molecule has 0 unspecified atom stereocenters. The molecule has 0 fully saturated rings. The van der Waals surface area contributed by atoms with E-state index in [-0.39, 0.29) is 5.91 Å². The molecule has 1 N–H and O–H groups in total. The molecule has 110 valence electrons. The Hall–Kier alpha value is -1.32. The average Bonchev–Trinajstić information content (AvgIpc) is 2.37. The number of halogens is 1. The zero-order valence-corrected chi connectivity index (χ0v) is 13.2. The van der Waals surface area contributed by atoms with Gasteiger partial charge in [-0.05, 0) is 51.1 Å². The van der Waals surface area contributed by atoms with E-state index in [1.54, 1.807) is 6.08 Å². The van der Waals surface area contributed by atoms with Crippen LogP contribution < -0.4 is 5.32 Å². The number of hydrogen-bond acceptors (Lipinski definition) is 2. The first-order valence-electron chi connectivity index (χ1n) is 6.84. The number of rotatable bonds is 7. The molecule has 0 aliphatic rings. The molecule has 4 heteroatoms. The zero-order chi connectivity index (χ0) is 15.0. The van der Waals surface area contributed by atoms with Gasteiger partial charge < -0.3 is 10.2 Å². The summed E-state index contributed by atoms with van der Waals surface area (Å²) >= 11 is 6.17. The van der Waals surface area contributed by atoms with Crippen LogP contribution in [0.2, 0.25) is 5.02 Å². The molecule has 0 aliphatic heterocycles.